The first-order chi connectivity index (χ1) is 13.2. The normalized spacial score (nSPS) is 12.0. The summed E-state index contributed by atoms with van der Waals surface area (Å²) in [6, 6.07) is 13.9. The molecule has 3 nitrogen and oxygen atoms in total. The van der Waals surface area contributed by atoms with Gasteiger partial charge in [-0.1, -0.05) is 23.2 Å². The predicted octanol–water partition coefficient (Wildman–Crippen LogP) is 6.96. The summed E-state index contributed by atoms with van der Waals surface area (Å²) < 4.78 is 6.22. The van der Waals surface area contributed by atoms with E-state index in [1.54, 1.807) is 0 Å². The molecule has 6 heteroatoms. The van der Waals surface area contributed by atoms with E-state index in [9.17, 15) is 0 Å². The Kier molecular flexibility index (Phi) is 4.15. The summed E-state index contributed by atoms with van der Waals surface area (Å²) >= 11 is 16.8. The highest BCUT2D eigenvalue weighted by atomic mass is 35.5. The van der Waals surface area contributed by atoms with Gasteiger partial charge < -0.3 is 14.7 Å². The summed E-state index contributed by atoms with van der Waals surface area (Å²) in [4.78, 5) is 7.00. The summed E-state index contributed by atoms with van der Waals surface area (Å²) in [5.74, 6) is 1.60. The summed E-state index contributed by atoms with van der Waals surface area (Å²) in [7, 11) is 0. The molecule has 0 spiro atoms. The van der Waals surface area contributed by atoms with Crippen LogP contribution in [0, 0.1) is 0 Å². The number of aromatic amines is 2. The second-order valence-corrected chi connectivity index (χ2v) is 7.93. The molecule has 0 aliphatic carbocycles. The van der Waals surface area contributed by atoms with Gasteiger partial charge in [-0.3, -0.25) is 0 Å². The first-order valence-corrected chi connectivity index (χ1v) is 10.1. The number of hydrogen-bond donors (Lipinski definition) is 3. The van der Waals surface area contributed by atoms with Crippen molar-refractivity contribution >= 4 is 79.4 Å². The van der Waals surface area contributed by atoms with Gasteiger partial charge in [0.15, 0.2) is 5.75 Å². The number of nitrogens with one attached hydrogen (secondary N) is 2. The Morgan fingerprint density at radius 3 is 1.85 bits per heavy atom. The van der Waals surface area contributed by atoms with Crippen LogP contribution < -0.4 is 4.74 Å². The Labute approximate surface area is 171 Å². The number of aromatic nitrogens is 2. The molecule has 136 valence electrons. The zero-order chi connectivity index (χ0) is 18.5. The van der Waals surface area contributed by atoms with Crippen LogP contribution in [0.1, 0.15) is 6.42 Å². The van der Waals surface area contributed by atoms with Crippen LogP contribution in [0.2, 0.25) is 10.0 Å². The van der Waals surface area contributed by atoms with Crippen LogP contribution in [-0.4, -0.2) is 22.3 Å². The van der Waals surface area contributed by atoms with E-state index < -0.39 is 0 Å². The molecule has 3 aromatic carbocycles. The standard InChI is InChI=1S/C21H16Cl2N2OS/c22-11-2-4-17-13(8-11)15-10-16-14-9-12(23)3-5-18(14)25-20(16)21(19(15)24-17)26-6-1-7-27/h2-5,8-10,24-25,27H,1,6-7H2. The van der Waals surface area contributed by atoms with Gasteiger partial charge in [0.1, 0.15) is 0 Å². The number of H-pyrrole nitrogens is 2. The molecular formula is C21H16Cl2N2OS. The summed E-state index contributed by atoms with van der Waals surface area (Å²) in [6.45, 7) is 0.601. The van der Waals surface area contributed by atoms with Crippen LogP contribution in [0.5, 0.6) is 5.75 Å². The fourth-order valence-corrected chi connectivity index (χ4v) is 4.15. The van der Waals surface area contributed by atoms with Crippen molar-refractivity contribution in [2.75, 3.05) is 12.4 Å². The molecule has 2 N–H and O–H groups in total. The third-order valence-electron chi connectivity index (χ3n) is 4.89. The molecule has 2 heterocycles. The minimum Gasteiger partial charge on any atom is -0.489 e. The summed E-state index contributed by atoms with van der Waals surface area (Å²) in [5.41, 5.74) is 4.00. The van der Waals surface area contributed by atoms with Crippen LogP contribution in [0.4, 0.5) is 0 Å². The molecular weight excluding hydrogens is 399 g/mol. The first kappa shape index (κ1) is 17.1. The SMILES string of the molecule is SCCCOc1c2[nH]c3ccc(Cl)cc3c2cc2c1[nH]c1ccc(Cl)cc12. The van der Waals surface area contributed by atoms with E-state index in [-0.39, 0.29) is 0 Å². The van der Waals surface area contributed by atoms with Gasteiger partial charge in [-0.05, 0) is 54.6 Å². The van der Waals surface area contributed by atoms with E-state index in [4.69, 9.17) is 27.9 Å². The Morgan fingerprint density at radius 1 is 0.778 bits per heavy atom. The highest BCUT2D eigenvalue weighted by Gasteiger charge is 2.17. The van der Waals surface area contributed by atoms with Gasteiger partial charge in [0, 0.05) is 42.6 Å². The van der Waals surface area contributed by atoms with Gasteiger partial charge in [0.2, 0.25) is 0 Å². The fraction of sp³-hybridized carbons (Fsp3) is 0.143. The van der Waals surface area contributed by atoms with Crippen molar-refractivity contribution in [3.8, 4) is 5.75 Å². The average molecular weight is 415 g/mol. The second kappa shape index (κ2) is 6.55. The smallest absolute Gasteiger partial charge is 0.167 e. The van der Waals surface area contributed by atoms with E-state index in [0.29, 0.717) is 16.7 Å². The lowest BCUT2D eigenvalue weighted by Gasteiger charge is -2.08. The van der Waals surface area contributed by atoms with Gasteiger partial charge in [-0.15, -0.1) is 0 Å². The highest BCUT2D eigenvalue weighted by Crippen LogP contribution is 2.41. The van der Waals surface area contributed by atoms with Crippen molar-refractivity contribution in [2.45, 2.75) is 6.42 Å². The van der Waals surface area contributed by atoms with E-state index in [0.717, 1.165) is 61.5 Å². The molecule has 0 saturated heterocycles. The fourth-order valence-electron chi connectivity index (χ4n) is 3.68. The summed E-state index contributed by atoms with van der Waals surface area (Å²) in [5, 5.41) is 5.75. The van der Waals surface area contributed by atoms with Crippen molar-refractivity contribution in [1.82, 2.24) is 9.97 Å². The van der Waals surface area contributed by atoms with Crippen LogP contribution in [0.25, 0.3) is 43.6 Å². The molecule has 0 atom stereocenters. The molecule has 0 amide bonds. The largest absolute Gasteiger partial charge is 0.489 e. The first-order valence-electron chi connectivity index (χ1n) is 8.74. The molecule has 0 radical (unpaired) electrons. The molecule has 5 rings (SSSR count). The monoisotopic (exact) mass is 414 g/mol. The molecule has 0 aliphatic heterocycles. The van der Waals surface area contributed by atoms with Gasteiger partial charge in [0.25, 0.3) is 0 Å². The lowest BCUT2D eigenvalue weighted by atomic mass is 10.1. The van der Waals surface area contributed by atoms with Crippen molar-refractivity contribution in [2.24, 2.45) is 0 Å². The third kappa shape index (κ3) is 2.75. The van der Waals surface area contributed by atoms with Crippen molar-refractivity contribution in [3.63, 3.8) is 0 Å². The van der Waals surface area contributed by atoms with E-state index in [1.807, 2.05) is 36.4 Å². The molecule has 2 aromatic heterocycles. The molecule has 0 bridgehead atoms. The van der Waals surface area contributed by atoms with Gasteiger partial charge in [0.05, 0.1) is 17.6 Å². The van der Waals surface area contributed by atoms with E-state index in [2.05, 4.69) is 28.7 Å². The zero-order valence-electron chi connectivity index (χ0n) is 14.3. The maximum atomic E-state index is 6.25. The third-order valence-corrected chi connectivity index (χ3v) is 5.68. The minimum absolute atomic E-state index is 0.601. The predicted molar refractivity (Wildman–Crippen MR) is 119 cm³/mol. The summed E-state index contributed by atoms with van der Waals surface area (Å²) in [6.07, 6.45) is 0.874. The van der Waals surface area contributed by atoms with Crippen LogP contribution in [0.15, 0.2) is 42.5 Å². The number of fused-ring (bicyclic) bond motifs is 6. The number of thiol groups is 1. The van der Waals surface area contributed by atoms with Crippen LogP contribution >= 0.6 is 35.8 Å². The number of halogens is 2. The Hall–Kier alpha value is -2.01. The van der Waals surface area contributed by atoms with Gasteiger partial charge in [-0.25, -0.2) is 0 Å². The number of benzene rings is 3. The van der Waals surface area contributed by atoms with E-state index >= 15 is 0 Å². The Morgan fingerprint density at radius 2 is 1.33 bits per heavy atom. The van der Waals surface area contributed by atoms with Crippen LogP contribution in [-0.2, 0) is 0 Å². The Balaban J connectivity index is 1.91. The quantitative estimate of drug-likeness (QED) is 0.216. The van der Waals surface area contributed by atoms with Crippen molar-refractivity contribution in [1.29, 1.82) is 0 Å². The molecule has 0 fully saturated rings. The topological polar surface area (TPSA) is 40.8 Å². The number of rotatable bonds is 4. The van der Waals surface area contributed by atoms with Crippen LogP contribution in [0.3, 0.4) is 0 Å². The highest BCUT2D eigenvalue weighted by molar-refractivity contribution is 7.80. The zero-order valence-corrected chi connectivity index (χ0v) is 16.7. The lowest BCUT2D eigenvalue weighted by Crippen LogP contribution is -1.99. The Bertz CT molecular complexity index is 1230. The minimum atomic E-state index is 0.601. The maximum Gasteiger partial charge on any atom is 0.167 e. The molecule has 0 unspecified atom stereocenters. The van der Waals surface area contributed by atoms with Gasteiger partial charge in [-0.2, -0.15) is 12.6 Å². The average Bonchev–Trinajstić information content (AvgIpc) is 3.19. The van der Waals surface area contributed by atoms with Gasteiger partial charge >= 0.3 is 0 Å². The molecule has 0 aliphatic rings. The lowest BCUT2D eigenvalue weighted by molar-refractivity contribution is 0.325. The molecule has 27 heavy (non-hydrogen) atoms. The van der Waals surface area contributed by atoms with E-state index in [1.165, 1.54) is 0 Å². The number of hydrogen-bond acceptors (Lipinski definition) is 2. The molecule has 0 saturated carbocycles. The second-order valence-electron chi connectivity index (χ2n) is 6.61. The van der Waals surface area contributed by atoms with Crippen molar-refractivity contribution < 1.29 is 4.74 Å². The maximum absolute atomic E-state index is 6.25. The molecule has 5 aromatic rings. The number of ether oxygens (including phenoxy) is 1. The van der Waals surface area contributed by atoms with Crippen molar-refractivity contribution in [3.05, 3.63) is 52.5 Å².